The molecule has 0 unspecified atom stereocenters. The molecular formula is C15H23NO2S2. The number of carboxylic acids is 1. The Balaban J connectivity index is 2.60. The molecule has 1 aromatic carbocycles. The lowest BCUT2D eigenvalue weighted by Gasteiger charge is -2.12. The molecule has 0 atom stereocenters. The molecule has 20 heavy (non-hydrogen) atoms. The van der Waals surface area contributed by atoms with E-state index in [1.807, 2.05) is 36.9 Å². The van der Waals surface area contributed by atoms with Crippen molar-refractivity contribution in [2.45, 2.75) is 31.1 Å². The number of aromatic carboxylic acids is 1. The molecule has 0 radical (unpaired) electrons. The molecule has 0 aromatic heterocycles. The molecule has 0 amide bonds. The summed E-state index contributed by atoms with van der Waals surface area (Å²) in [4.78, 5) is 12.3. The van der Waals surface area contributed by atoms with Crippen LogP contribution in [0.5, 0.6) is 0 Å². The standard InChI is InChI=1S/C15H23NO2S2/c1-3-20-13-9-7-8-12(14(13)15(17)18)16-10-5-4-6-11-19-2/h7-9,16H,3-6,10-11H2,1-2H3,(H,17,18). The summed E-state index contributed by atoms with van der Waals surface area (Å²) in [6.45, 7) is 2.86. The number of nitrogens with one attached hydrogen (secondary N) is 1. The second kappa shape index (κ2) is 10.00. The van der Waals surface area contributed by atoms with Gasteiger partial charge in [0.05, 0.1) is 5.56 Å². The van der Waals surface area contributed by atoms with Crippen LogP contribution >= 0.6 is 23.5 Å². The first kappa shape index (κ1) is 17.2. The Kier molecular flexibility index (Phi) is 8.62. The summed E-state index contributed by atoms with van der Waals surface area (Å²) in [6, 6.07) is 5.65. The van der Waals surface area contributed by atoms with E-state index < -0.39 is 5.97 Å². The number of thioether (sulfide) groups is 2. The van der Waals surface area contributed by atoms with Crippen LogP contribution in [0.15, 0.2) is 23.1 Å². The monoisotopic (exact) mass is 313 g/mol. The highest BCUT2D eigenvalue weighted by Crippen LogP contribution is 2.28. The second-order valence-corrected chi connectivity index (χ2v) is 6.69. The maximum absolute atomic E-state index is 11.4. The highest BCUT2D eigenvalue weighted by atomic mass is 32.2. The first-order valence-corrected chi connectivity index (χ1v) is 9.30. The molecule has 1 aromatic rings. The van der Waals surface area contributed by atoms with Gasteiger partial charge in [-0.1, -0.05) is 19.4 Å². The molecule has 0 saturated carbocycles. The molecule has 1 rings (SSSR count). The summed E-state index contributed by atoms with van der Waals surface area (Å²) >= 11 is 3.44. The van der Waals surface area contributed by atoms with E-state index in [1.54, 1.807) is 11.8 Å². The molecule has 0 spiro atoms. The third kappa shape index (κ3) is 5.67. The van der Waals surface area contributed by atoms with Crippen molar-refractivity contribution in [2.75, 3.05) is 29.6 Å². The number of anilines is 1. The van der Waals surface area contributed by atoms with Crippen LogP contribution in [0.1, 0.15) is 36.5 Å². The van der Waals surface area contributed by atoms with Crippen LogP contribution in [0.4, 0.5) is 5.69 Å². The van der Waals surface area contributed by atoms with Gasteiger partial charge in [0.1, 0.15) is 0 Å². The Morgan fingerprint density at radius 2 is 2.10 bits per heavy atom. The van der Waals surface area contributed by atoms with E-state index in [2.05, 4.69) is 11.6 Å². The van der Waals surface area contributed by atoms with Gasteiger partial charge in [-0.2, -0.15) is 11.8 Å². The van der Waals surface area contributed by atoms with Gasteiger partial charge in [0.25, 0.3) is 0 Å². The second-order valence-electron chi connectivity index (χ2n) is 4.40. The van der Waals surface area contributed by atoms with Crippen LogP contribution in [0, 0.1) is 0 Å². The maximum atomic E-state index is 11.4. The van der Waals surface area contributed by atoms with E-state index in [-0.39, 0.29) is 0 Å². The van der Waals surface area contributed by atoms with Crippen LogP contribution in [-0.4, -0.2) is 35.4 Å². The first-order chi connectivity index (χ1) is 9.70. The Labute approximate surface area is 129 Å². The topological polar surface area (TPSA) is 49.3 Å². The van der Waals surface area contributed by atoms with E-state index in [0.29, 0.717) is 5.56 Å². The number of hydrogen-bond donors (Lipinski definition) is 2. The Hall–Kier alpha value is -0.810. The van der Waals surface area contributed by atoms with Crippen molar-refractivity contribution in [1.82, 2.24) is 0 Å². The summed E-state index contributed by atoms with van der Waals surface area (Å²) in [5.41, 5.74) is 1.14. The molecule has 112 valence electrons. The predicted molar refractivity (Wildman–Crippen MR) is 90.5 cm³/mol. The number of carboxylic acid groups (broad SMARTS) is 1. The Morgan fingerprint density at radius 3 is 2.75 bits per heavy atom. The molecule has 0 bridgehead atoms. The molecule has 0 aliphatic rings. The SMILES string of the molecule is CCSc1cccc(NCCCCCSC)c1C(=O)O. The quantitative estimate of drug-likeness (QED) is 0.494. The van der Waals surface area contributed by atoms with Crippen molar-refractivity contribution in [3.63, 3.8) is 0 Å². The zero-order valence-electron chi connectivity index (χ0n) is 12.1. The van der Waals surface area contributed by atoms with Crippen LogP contribution in [0.3, 0.4) is 0 Å². The van der Waals surface area contributed by atoms with E-state index in [9.17, 15) is 9.90 Å². The van der Waals surface area contributed by atoms with Crippen molar-refractivity contribution in [3.05, 3.63) is 23.8 Å². The molecule has 0 aliphatic carbocycles. The Bertz CT molecular complexity index is 424. The van der Waals surface area contributed by atoms with E-state index >= 15 is 0 Å². The van der Waals surface area contributed by atoms with Crippen LogP contribution in [-0.2, 0) is 0 Å². The highest BCUT2D eigenvalue weighted by molar-refractivity contribution is 7.99. The minimum atomic E-state index is -0.855. The smallest absolute Gasteiger partial charge is 0.338 e. The number of unbranched alkanes of at least 4 members (excludes halogenated alkanes) is 2. The molecule has 0 saturated heterocycles. The van der Waals surface area contributed by atoms with E-state index in [0.717, 1.165) is 29.3 Å². The summed E-state index contributed by atoms with van der Waals surface area (Å²) in [6.07, 6.45) is 5.60. The Morgan fingerprint density at radius 1 is 1.30 bits per heavy atom. The van der Waals surface area contributed by atoms with Crippen molar-refractivity contribution >= 4 is 35.2 Å². The first-order valence-electron chi connectivity index (χ1n) is 6.92. The fourth-order valence-corrected chi connectivity index (χ4v) is 3.27. The third-order valence-corrected chi connectivity index (χ3v) is 4.52. The summed E-state index contributed by atoms with van der Waals surface area (Å²) < 4.78 is 0. The molecule has 3 nitrogen and oxygen atoms in total. The van der Waals surface area contributed by atoms with Crippen molar-refractivity contribution in [1.29, 1.82) is 0 Å². The average Bonchev–Trinajstić information content (AvgIpc) is 2.43. The lowest BCUT2D eigenvalue weighted by atomic mass is 10.1. The summed E-state index contributed by atoms with van der Waals surface area (Å²) in [5, 5.41) is 12.7. The summed E-state index contributed by atoms with van der Waals surface area (Å²) in [7, 11) is 0. The van der Waals surface area contributed by atoms with Crippen LogP contribution in [0.25, 0.3) is 0 Å². The van der Waals surface area contributed by atoms with Crippen LogP contribution < -0.4 is 5.32 Å². The minimum absolute atomic E-state index is 0.406. The molecular weight excluding hydrogens is 290 g/mol. The fourth-order valence-electron chi connectivity index (χ4n) is 1.95. The zero-order chi connectivity index (χ0) is 14.8. The molecule has 2 N–H and O–H groups in total. The van der Waals surface area contributed by atoms with E-state index in [1.165, 1.54) is 18.6 Å². The van der Waals surface area contributed by atoms with Crippen molar-refractivity contribution < 1.29 is 9.90 Å². The van der Waals surface area contributed by atoms with Gasteiger partial charge in [-0.05, 0) is 42.7 Å². The maximum Gasteiger partial charge on any atom is 0.338 e. The van der Waals surface area contributed by atoms with Gasteiger partial charge in [0.2, 0.25) is 0 Å². The molecule has 0 heterocycles. The lowest BCUT2D eigenvalue weighted by Crippen LogP contribution is -2.09. The van der Waals surface area contributed by atoms with E-state index in [4.69, 9.17) is 0 Å². The molecule has 0 aliphatic heterocycles. The van der Waals surface area contributed by atoms with Gasteiger partial charge in [0, 0.05) is 17.1 Å². The molecule has 0 fully saturated rings. The highest BCUT2D eigenvalue weighted by Gasteiger charge is 2.14. The zero-order valence-corrected chi connectivity index (χ0v) is 13.8. The number of rotatable bonds is 10. The lowest BCUT2D eigenvalue weighted by molar-refractivity contribution is 0.0694. The largest absolute Gasteiger partial charge is 0.478 e. The number of benzene rings is 1. The van der Waals surface area contributed by atoms with Gasteiger partial charge in [-0.3, -0.25) is 0 Å². The van der Waals surface area contributed by atoms with Crippen molar-refractivity contribution in [2.24, 2.45) is 0 Å². The van der Waals surface area contributed by atoms with Gasteiger partial charge in [-0.25, -0.2) is 4.79 Å². The fraction of sp³-hybridized carbons (Fsp3) is 0.533. The van der Waals surface area contributed by atoms with Gasteiger partial charge in [0.15, 0.2) is 0 Å². The van der Waals surface area contributed by atoms with Crippen molar-refractivity contribution in [3.8, 4) is 0 Å². The summed E-state index contributed by atoms with van der Waals surface area (Å²) in [5.74, 6) is 1.22. The normalized spacial score (nSPS) is 10.5. The average molecular weight is 313 g/mol. The number of hydrogen-bond acceptors (Lipinski definition) is 4. The molecule has 5 heteroatoms. The minimum Gasteiger partial charge on any atom is -0.478 e. The number of carbonyl (C=O) groups is 1. The third-order valence-electron chi connectivity index (χ3n) is 2.88. The van der Waals surface area contributed by atoms with Crippen LogP contribution in [0.2, 0.25) is 0 Å². The predicted octanol–water partition coefficient (Wildman–Crippen LogP) is 4.44. The van der Waals surface area contributed by atoms with Gasteiger partial charge in [-0.15, -0.1) is 11.8 Å². The van der Waals surface area contributed by atoms with Gasteiger partial charge < -0.3 is 10.4 Å². The van der Waals surface area contributed by atoms with Gasteiger partial charge >= 0.3 is 5.97 Å².